The van der Waals surface area contributed by atoms with Crippen LogP contribution in [0.2, 0.25) is 5.02 Å². The third-order valence-corrected chi connectivity index (χ3v) is 9.60. The topological polar surface area (TPSA) is 22.6 Å². The first-order chi connectivity index (χ1) is 16.2. The number of thiophene rings is 1. The summed E-state index contributed by atoms with van der Waals surface area (Å²) in [6, 6.07) is 11.5. The van der Waals surface area contributed by atoms with E-state index in [0.717, 1.165) is 59.5 Å². The Balaban J connectivity index is 1.26. The Bertz CT molecular complexity index is 1140. The van der Waals surface area contributed by atoms with Crippen molar-refractivity contribution in [3.05, 3.63) is 58.1 Å². The maximum absolute atomic E-state index is 6.31. The number of rotatable bonds is 4. The zero-order valence-corrected chi connectivity index (χ0v) is 21.1. The standard InChI is InChI=1S/C26H29ClN4S2/c27-21-16-23(32-18-21)24-25(30-14-12-29(13-15-30)22-8-2-1-3-9-22)33-26(28-24)31-11-10-19-6-4-5-7-20(19)17-31/h4-7,10-11,16,18,22H,1-3,8-9,12-15,17H2. The Morgan fingerprint density at radius 2 is 1.82 bits per heavy atom. The predicted octanol–water partition coefficient (Wildman–Crippen LogP) is 6.97. The minimum atomic E-state index is 0.796. The van der Waals surface area contributed by atoms with Gasteiger partial charge in [0.15, 0.2) is 5.13 Å². The van der Waals surface area contributed by atoms with E-state index in [1.54, 1.807) is 11.3 Å². The number of halogens is 1. The second kappa shape index (κ2) is 9.41. The van der Waals surface area contributed by atoms with Gasteiger partial charge in [-0.05, 0) is 36.1 Å². The maximum Gasteiger partial charge on any atom is 0.192 e. The van der Waals surface area contributed by atoms with E-state index >= 15 is 0 Å². The number of aromatic nitrogens is 1. The third kappa shape index (κ3) is 4.46. The first-order valence-corrected chi connectivity index (χ1v) is 14.1. The molecule has 1 aromatic carbocycles. The van der Waals surface area contributed by atoms with Gasteiger partial charge in [-0.25, -0.2) is 4.98 Å². The highest BCUT2D eigenvalue weighted by atomic mass is 35.5. The first-order valence-electron chi connectivity index (χ1n) is 12.0. The molecule has 2 fully saturated rings. The monoisotopic (exact) mass is 496 g/mol. The number of hydrogen-bond donors (Lipinski definition) is 0. The van der Waals surface area contributed by atoms with E-state index in [-0.39, 0.29) is 0 Å². The van der Waals surface area contributed by atoms with Crippen LogP contribution in [0, 0.1) is 0 Å². The van der Waals surface area contributed by atoms with Crippen LogP contribution in [0.25, 0.3) is 16.6 Å². The molecule has 0 amide bonds. The SMILES string of the molecule is Clc1csc(-c2nc(N3C=Cc4ccccc4C3)sc2N2CCN(C3CCCCC3)CC2)c1. The molecule has 3 aromatic rings. The molecule has 0 spiro atoms. The number of piperazine rings is 1. The smallest absolute Gasteiger partial charge is 0.192 e. The van der Waals surface area contributed by atoms with Crippen molar-refractivity contribution < 1.29 is 0 Å². The van der Waals surface area contributed by atoms with Gasteiger partial charge in [0.05, 0.1) is 16.4 Å². The summed E-state index contributed by atoms with van der Waals surface area (Å²) in [5, 5.41) is 5.16. The molecular formula is C26H29ClN4S2. The number of benzene rings is 1. The molecule has 0 N–H and O–H groups in total. The van der Waals surface area contributed by atoms with Crippen LogP contribution in [-0.2, 0) is 6.54 Å². The Hall–Kier alpha value is -1.86. The van der Waals surface area contributed by atoms with Gasteiger partial charge in [-0.3, -0.25) is 4.90 Å². The molecule has 1 saturated carbocycles. The highest BCUT2D eigenvalue weighted by molar-refractivity contribution is 7.21. The lowest BCUT2D eigenvalue weighted by Crippen LogP contribution is -2.50. The van der Waals surface area contributed by atoms with Gasteiger partial charge in [-0.15, -0.1) is 11.3 Å². The van der Waals surface area contributed by atoms with Gasteiger partial charge >= 0.3 is 0 Å². The van der Waals surface area contributed by atoms with Crippen molar-refractivity contribution in [1.29, 1.82) is 0 Å². The van der Waals surface area contributed by atoms with E-state index in [1.165, 1.54) is 48.2 Å². The fourth-order valence-corrected chi connectivity index (χ4v) is 7.60. The van der Waals surface area contributed by atoms with E-state index in [0.29, 0.717) is 0 Å². The van der Waals surface area contributed by atoms with Gasteiger partial charge in [0.1, 0.15) is 10.7 Å². The summed E-state index contributed by atoms with van der Waals surface area (Å²) in [5.41, 5.74) is 3.73. The largest absolute Gasteiger partial charge is 0.359 e. The van der Waals surface area contributed by atoms with Gasteiger partial charge in [0.2, 0.25) is 0 Å². The molecule has 0 atom stereocenters. The zero-order chi connectivity index (χ0) is 22.2. The van der Waals surface area contributed by atoms with Crippen LogP contribution in [0.15, 0.2) is 41.9 Å². The maximum atomic E-state index is 6.31. The molecule has 33 heavy (non-hydrogen) atoms. The van der Waals surface area contributed by atoms with E-state index in [1.807, 2.05) is 16.7 Å². The summed E-state index contributed by atoms with van der Waals surface area (Å²) in [5.74, 6) is 0. The fraction of sp³-hybridized carbons (Fsp3) is 0.423. The summed E-state index contributed by atoms with van der Waals surface area (Å²) < 4.78 is 0. The second-order valence-electron chi connectivity index (χ2n) is 9.24. The average Bonchev–Trinajstić information content (AvgIpc) is 3.51. The Morgan fingerprint density at radius 1 is 1.00 bits per heavy atom. The molecule has 0 radical (unpaired) electrons. The number of anilines is 2. The van der Waals surface area contributed by atoms with Crippen molar-refractivity contribution in [2.75, 3.05) is 36.0 Å². The van der Waals surface area contributed by atoms with E-state index < -0.39 is 0 Å². The molecule has 3 aliphatic rings. The minimum absolute atomic E-state index is 0.796. The Labute approximate surface area is 209 Å². The van der Waals surface area contributed by atoms with Crippen molar-refractivity contribution >= 4 is 50.5 Å². The lowest BCUT2D eigenvalue weighted by Gasteiger charge is -2.41. The summed E-state index contributed by atoms with van der Waals surface area (Å²) in [4.78, 5) is 13.9. The van der Waals surface area contributed by atoms with Crippen molar-refractivity contribution in [3.8, 4) is 10.6 Å². The zero-order valence-electron chi connectivity index (χ0n) is 18.8. The van der Waals surface area contributed by atoms with Gasteiger partial charge in [-0.2, -0.15) is 0 Å². The molecule has 2 aromatic heterocycles. The highest BCUT2D eigenvalue weighted by Crippen LogP contribution is 2.44. The van der Waals surface area contributed by atoms with Gasteiger partial charge in [0.25, 0.3) is 0 Å². The van der Waals surface area contributed by atoms with Gasteiger partial charge < -0.3 is 9.80 Å². The Morgan fingerprint density at radius 3 is 2.61 bits per heavy atom. The highest BCUT2D eigenvalue weighted by Gasteiger charge is 2.29. The predicted molar refractivity (Wildman–Crippen MR) is 143 cm³/mol. The van der Waals surface area contributed by atoms with E-state index in [9.17, 15) is 0 Å². The number of thiazole rings is 1. The van der Waals surface area contributed by atoms with Crippen LogP contribution in [-0.4, -0.2) is 42.1 Å². The lowest BCUT2D eigenvalue weighted by molar-refractivity contribution is 0.148. The van der Waals surface area contributed by atoms with Crippen LogP contribution in [0.4, 0.5) is 10.1 Å². The van der Waals surface area contributed by atoms with Crippen molar-refractivity contribution in [2.24, 2.45) is 0 Å². The number of nitrogens with zero attached hydrogens (tertiary/aromatic N) is 4. The molecule has 0 bridgehead atoms. The van der Waals surface area contributed by atoms with Crippen LogP contribution in [0.5, 0.6) is 0 Å². The fourth-order valence-electron chi connectivity index (χ4n) is 5.35. The summed E-state index contributed by atoms with van der Waals surface area (Å²) in [7, 11) is 0. The molecule has 4 heterocycles. The summed E-state index contributed by atoms with van der Waals surface area (Å²) in [6.45, 7) is 5.31. The third-order valence-electron chi connectivity index (χ3n) is 7.17. The van der Waals surface area contributed by atoms with Crippen molar-refractivity contribution in [1.82, 2.24) is 9.88 Å². The molecular weight excluding hydrogens is 468 g/mol. The van der Waals surface area contributed by atoms with E-state index in [2.05, 4.69) is 57.3 Å². The summed E-state index contributed by atoms with van der Waals surface area (Å²) in [6.07, 6.45) is 11.4. The molecule has 1 aliphatic carbocycles. The quantitative estimate of drug-likeness (QED) is 0.389. The normalized spacial score (nSPS) is 19.8. The van der Waals surface area contributed by atoms with Crippen LogP contribution in [0.1, 0.15) is 43.2 Å². The van der Waals surface area contributed by atoms with Crippen molar-refractivity contribution in [2.45, 2.75) is 44.7 Å². The second-order valence-corrected chi connectivity index (χ2v) is 11.5. The van der Waals surface area contributed by atoms with Gasteiger partial charge in [-0.1, -0.05) is 66.5 Å². The van der Waals surface area contributed by atoms with E-state index in [4.69, 9.17) is 16.6 Å². The lowest BCUT2D eigenvalue weighted by atomic mass is 9.94. The first kappa shape index (κ1) is 21.7. The molecule has 2 aliphatic heterocycles. The van der Waals surface area contributed by atoms with Crippen LogP contribution in [0.3, 0.4) is 0 Å². The van der Waals surface area contributed by atoms with Crippen LogP contribution >= 0.6 is 34.3 Å². The molecule has 7 heteroatoms. The minimum Gasteiger partial charge on any atom is -0.359 e. The van der Waals surface area contributed by atoms with Crippen LogP contribution < -0.4 is 9.80 Å². The average molecular weight is 497 g/mol. The van der Waals surface area contributed by atoms with Gasteiger partial charge in [0, 0.05) is 43.8 Å². The Kier molecular flexibility index (Phi) is 6.18. The molecule has 0 unspecified atom stereocenters. The molecule has 6 rings (SSSR count). The number of fused-ring (bicyclic) bond motifs is 1. The summed E-state index contributed by atoms with van der Waals surface area (Å²) >= 11 is 9.82. The van der Waals surface area contributed by atoms with Crippen molar-refractivity contribution in [3.63, 3.8) is 0 Å². The number of hydrogen-bond acceptors (Lipinski definition) is 6. The molecule has 1 saturated heterocycles. The molecule has 4 nitrogen and oxygen atoms in total. The molecule has 172 valence electrons.